The van der Waals surface area contributed by atoms with Crippen molar-refractivity contribution in [2.75, 3.05) is 11.1 Å². The number of anilines is 3. The highest BCUT2D eigenvalue weighted by atomic mass is 32.2. The average molecular weight is 303 g/mol. The number of hydrogen-bond acceptors (Lipinski definition) is 4. The predicted octanol–water partition coefficient (Wildman–Crippen LogP) is 2.45. The molecule has 0 bridgehead atoms. The topological polar surface area (TPSA) is 84.2 Å². The van der Waals surface area contributed by atoms with Crippen LogP contribution in [-0.4, -0.2) is 14.5 Å². The molecule has 5 nitrogen and oxygen atoms in total. The molecule has 0 aliphatic heterocycles. The normalized spacial score (nSPS) is 14.9. The average Bonchev–Trinajstić information content (AvgIpc) is 3.22. The molecule has 1 fully saturated rings. The van der Waals surface area contributed by atoms with E-state index in [2.05, 4.69) is 10.0 Å². The molecular formula is C15H17N3O2S. The number of hydrogen-bond donors (Lipinski definition) is 3. The summed E-state index contributed by atoms with van der Waals surface area (Å²) in [6, 6.07) is 14.1. The summed E-state index contributed by atoms with van der Waals surface area (Å²) in [6.45, 7) is 0. The molecule has 0 amide bonds. The van der Waals surface area contributed by atoms with Gasteiger partial charge in [0.15, 0.2) is 0 Å². The lowest BCUT2D eigenvalue weighted by Crippen LogP contribution is -2.26. The third-order valence-corrected chi connectivity index (χ3v) is 4.82. The highest BCUT2D eigenvalue weighted by Crippen LogP contribution is 2.28. The van der Waals surface area contributed by atoms with Crippen molar-refractivity contribution in [3.8, 4) is 0 Å². The Morgan fingerprint density at radius 2 is 1.81 bits per heavy atom. The fourth-order valence-corrected chi connectivity index (χ4v) is 3.53. The van der Waals surface area contributed by atoms with Crippen LogP contribution in [0.25, 0.3) is 0 Å². The van der Waals surface area contributed by atoms with Crippen molar-refractivity contribution in [1.29, 1.82) is 0 Å². The molecule has 4 N–H and O–H groups in total. The predicted molar refractivity (Wildman–Crippen MR) is 83.9 cm³/mol. The first-order chi connectivity index (χ1) is 10.0. The first-order valence-corrected chi connectivity index (χ1v) is 8.27. The molecule has 0 atom stereocenters. The lowest BCUT2D eigenvalue weighted by molar-refractivity contribution is 0.581. The first kappa shape index (κ1) is 13.9. The fraction of sp³-hybridized carbons (Fsp3) is 0.200. The molecule has 6 heteroatoms. The monoisotopic (exact) mass is 303 g/mol. The van der Waals surface area contributed by atoms with Crippen LogP contribution in [0.4, 0.5) is 17.1 Å². The van der Waals surface area contributed by atoms with Crippen molar-refractivity contribution in [1.82, 2.24) is 4.72 Å². The van der Waals surface area contributed by atoms with Crippen LogP contribution in [0.5, 0.6) is 0 Å². The quantitative estimate of drug-likeness (QED) is 0.741. The van der Waals surface area contributed by atoms with Gasteiger partial charge in [-0.05, 0) is 43.2 Å². The van der Waals surface area contributed by atoms with Gasteiger partial charge >= 0.3 is 0 Å². The Morgan fingerprint density at radius 3 is 2.52 bits per heavy atom. The van der Waals surface area contributed by atoms with E-state index in [1.807, 2.05) is 12.1 Å². The third-order valence-electron chi connectivity index (χ3n) is 3.24. The van der Waals surface area contributed by atoms with E-state index in [9.17, 15) is 8.42 Å². The van der Waals surface area contributed by atoms with Crippen LogP contribution in [0.1, 0.15) is 12.8 Å². The van der Waals surface area contributed by atoms with E-state index in [4.69, 9.17) is 5.73 Å². The van der Waals surface area contributed by atoms with Gasteiger partial charge in [-0.3, -0.25) is 0 Å². The van der Waals surface area contributed by atoms with Crippen molar-refractivity contribution < 1.29 is 8.42 Å². The van der Waals surface area contributed by atoms with Crippen LogP contribution in [0.2, 0.25) is 0 Å². The van der Waals surface area contributed by atoms with Gasteiger partial charge in [-0.25, -0.2) is 13.1 Å². The molecule has 1 saturated carbocycles. The van der Waals surface area contributed by atoms with E-state index in [1.165, 1.54) is 0 Å². The van der Waals surface area contributed by atoms with Crippen LogP contribution in [-0.2, 0) is 10.0 Å². The van der Waals surface area contributed by atoms with E-state index in [0.29, 0.717) is 11.4 Å². The van der Waals surface area contributed by atoms with Crippen LogP contribution in [0.3, 0.4) is 0 Å². The van der Waals surface area contributed by atoms with Gasteiger partial charge in [0.2, 0.25) is 10.0 Å². The molecule has 0 spiro atoms. The third kappa shape index (κ3) is 3.34. The molecule has 0 unspecified atom stereocenters. The van der Waals surface area contributed by atoms with Gasteiger partial charge < -0.3 is 11.1 Å². The smallest absolute Gasteiger partial charge is 0.242 e. The molecule has 1 aliphatic rings. The largest absolute Gasteiger partial charge is 0.399 e. The zero-order chi connectivity index (χ0) is 14.9. The number of para-hydroxylation sites is 1. The van der Waals surface area contributed by atoms with Gasteiger partial charge in [0, 0.05) is 17.4 Å². The lowest BCUT2D eigenvalue weighted by Gasteiger charge is -2.13. The number of rotatable bonds is 5. The second kappa shape index (κ2) is 5.38. The number of benzene rings is 2. The number of sulfonamides is 1. The molecule has 0 heterocycles. The summed E-state index contributed by atoms with van der Waals surface area (Å²) in [5.74, 6) is 0. The molecule has 2 aromatic carbocycles. The minimum atomic E-state index is -3.50. The fourth-order valence-electron chi connectivity index (χ4n) is 2.06. The van der Waals surface area contributed by atoms with E-state index in [0.717, 1.165) is 18.5 Å². The second-order valence-corrected chi connectivity index (χ2v) is 6.82. The van der Waals surface area contributed by atoms with E-state index in [-0.39, 0.29) is 10.9 Å². The summed E-state index contributed by atoms with van der Waals surface area (Å²) in [6.07, 6.45) is 1.81. The first-order valence-electron chi connectivity index (χ1n) is 6.78. The highest BCUT2D eigenvalue weighted by molar-refractivity contribution is 7.89. The number of nitrogens with two attached hydrogens (primary N) is 1. The van der Waals surface area contributed by atoms with E-state index >= 15 is 0 Å². The number of nitrogen functional groups attached to an aromatic ring is 1. The maximum absolute atomic E-state index is 12.4. The summed E-state index contributed by atoms with van der Waals surface area (Å²) in [5.41, 5.74) is 7.65. The summed E-state index contributed by atoms with van der Waals surface area (Å²) in [7, 11) is -3.50. The number of nitrogens with one attached hydrogen (secondary N) is 2. The molecule has 3 rings (SSSR count). The standard InChI is InChI=1S/C15H17N3O2S/c16-11-4-3-5-13(10-11)17-14-6-1-2-7-15(14)21(19,20)18-12-8-9-12/h1-7,10,12,17-18H,8-9,16H2. The Bertz CT molecular complexity index is 755. The molecule has 1 aliphatic carbocycles. The highest BCUT2D eigenvalue weighted by Gasteiger charge is 2.29. The van der Waals surface area contributed by atoms with Crippen LogP contribution in [0.15, 0.2) is 53.4 Å². The van der Waals surface area contributed by atoms with Crippen molar-refractivity contribution in [3.05, 3.63) is 48.5 Å². The maximum Gasteiger partial charge on any atom is 0.242 e. The van der Waals surface area contributed by atoms with Crippen molar-refractivity contribution in [2.45, 2.75) is 23.8 Å². The van der Waals surface area contributed by atoms with Gasteiger partial charge in [0.05, 0.1) is 5.69 Å². The maximum atomic E-state index is 12.4. The van der Waals surface area contributed by atoms with Gasteiger partial charge in [0.1, 0.15) is 4.90 Å². The lowest BCUT2D eigenvalue weighted by atomic mass is 10.2. The molecule has 110 valence electrons. The molecule has 0 saturated heterocycles. The Kier molecular flexibility index (Phi) is 3.57. The summed E-state index contributed by atoms with van der Waals surface area (Å²) >= 11 is 0. The summed E-state index contributed by atoms with van der Waals surface area (Å²) in [4.78, 5) is 0.249. The van der Waals surface area contributed by atoms with Crippen molar-refractivity contribution in [3.63, 3.8) is 0 Å². The van der Waals surface area contributed by atoms with Gasteiger partial charge in [0.25, 0.3) is 0 Å². The molecule has 0 radical (unpaired) electrons. The zero-order valence-electron chi connectivity index (χ0n) is 11.4. The Morgan fingerprint density at radius 1 is 1.05 bits per heavy atom. The second-order valence-electron chi connectivity index (χ2n) is 5.14. The van der Waals surface area contributed by atoms with Crippen LogP contribution in [0, 0.1) is 0 Å². The van der Waals surface area contributed by atoms with Crippen molar-refractivity contribution in [2.24, 2.45) is 0 Å². The molecule has 2 aromatic rings. The van der Waals surface area contributed by atoms with Gasteiger partial charge in [-0.2, -0.15) is 0 Å². The van der Waals surface area contributed by atoms with Gasteiger partial charge in [-0.15, -0.1) is 0 Å². The summed E-state index contributed by atoms with van der Waals surface area (Å²) in [5, 5.41) is 3.11. The molecule has 0 aromatic heterocycles. The molecular weight excluding hydrogens is 286 g/mol. The van der Waals surface area contributed by atoms with Gasteiger partial charge in [-0.1, -0.05) is 18.2 Å². The Labute approximate surface area is 124 Å². The van der Waals surface area contributed by atoms with E-state index in [1.54, 1.807) is 36.4 Å². The minimum absolute atomic E-state index is 0.0791. The summed E-state index contributed by atoms with van der Waals surface area (Å²) < 4.78 is 27.5. The molecule has 21 heavy (non-hydrogen) atoms. The Balaban J connectivity index is 1.92. The zero-order valence-corrected chi connectivity index (χ0v) is 12.2. The van der Waals surface area contributed by atoms with Crippen LogP contribution >= 0.6 is 0 Å². The van der Waals surface area contributed by atoms with Crippen LogP contribution < -0.4 is 15.8 Å². The minimum Gasteiger partial charge on any atom is -0.399 e. The van der Waals surface area contributed by atoms with Crippen molar-refractivity contribution >= 4 is 27.1 Å². The van der Waals surface area contributed by atoms with E-state index < -0.39 is 10.0 Å². The Hall–Kier alpha value is -2.05. The SMILES string of the molecule is Nc1cccc(Nc2ccccc2S(=O)(=O)NC2CC2)c1.